The Morgan fingerprint density at radius 3 is 2.58 bits per heavy atom. The lowest BCUT2D eigenvalue weighted by Gasteiger charge is -2.27. The predicted octanol–water partition coefficient (Wildman–Crippen LogP) is 5.69. The summed E-state index contributed by atoms with van der Waals surface area (Å²) in [6.45, 7) is 4.95. The van der Waals surface area contributed by atoms with Gasteiger partial charge in [-0.3, -0.25) is 14.6 Å². The molecule has 0 saturated carbocycles. The van der Waals surface area contributed by atoms with Crippen LogP contribution < -0.4 is 9.47 Å². The van der Waals surface area contributed by atoms with Gasteiger partial charge in [0.2, 0.25) is 0 Å². The highest BCUT2D eigenvalue weighted by atomic mass is 16.5. The number of ether oxygens (including phenoxy) is 2. The number of methoxy groups -OCH3 is 1. The van der Waals surface area contributed by atoms with Gasteiger partial charge in [0.1, 0.15) is 0 Å². The summed E-state index contributed by atoms with van der Waals surface area (Å²) in [5, 5.41) is 10.9. The topological polar surface area (TPSA) is 89.0 Å². The molecule has 1 aliphatic heterocycles. The lowest BCUT2D eigenvalue weighted by molar-refractivity contribution is -0.130. The van der Waals surface area contributed by atoms with E-state index in [2.05, 4.69) is 18.8 Å². The standard InChI is InChI=1S/C31H32N2O5/c1-21(2)15-17-38-26-14-12-24(18-27(26)37-3)29-28(25(34)13-11-22-8-5-4-6-9-22)30(35)31(36)33(29)20-23-10-7-16-32-19-23/h4-14,16,18-19,21,29,35H,15,17,20H2,1-3H3. The molecule has 0 bridgehead atoms. The van der Waals surface area contributed by atoms with E-state index in [-0.39, 0.29) is 12.1 Å². The molecular weight excluding hydrogens is 480 g/mol. The molecule has 1 N–H and O–H groups in total. The second kappa shape index (κ2) is 12.2. The van der Waals surface area contributed by atoms with E-state index in [9.17, 15) is 14.7 Å². The number of hydrogen-bond donors (Lipinski definition) is 1. The Morgan fingerprint density at radius 2 is 1.89 bits per heavy atom. The molecule has 1 amide bonds. The molecule has 0 saturated heterocycles. The summed E-state index contributed by atoms with van der Waals surface area (Å²) in [4.78, 5) is 32.3. The number of ketones is 1. The maximum atomic E-state index is 13.4. The molecule has 0 aliphatic carbocycles. The Hall–Kier alpha value is -4.39. The van der Waals surface area contributed by atoms with E-state index in [1.165, 1.54) is 11.0 Å². The van der Waals surface area contributed by atoms with Crippen molar-refractivity contribution in [1.29, 1.82) is 0 Å². The largest absolute Gasteiger partial charge is 0.503 e. The van der Waals surface area contributed by atoms with Crippen LogP contribution in [0.2, 0.25) is 0 Å². The normalized spacial score (nSPS) is 15.5. The van der Waals surface area contributed by atoms with E-state index in [1.807, 2.05) is 36.4 Å². The number of hydrogen-bond acceptors (Lipinski definition) is 6. The van der Waals surface area contributed by atoms with Gasteiger partial charge in [-0.05, 0) is 53.3 Å². The van der Waals surface area contributed by atoms with Crippen molar-refractivity contribution in [2.45, 2.75) is 32.9 Å². The fraction of sp³-hybridized carbons (Fsp3) is 0.258. The van der Waals surface area contributed by atoms with Crippen LogP contribution in [-0.2, 0) is 16.1 Å². The van der Waals surface area contributed by atoms with Gasteiger partial charge >= 0.3 is 0 Å². The minimum Gasteiger partial charge on any atom is -0.503 e. The summed E-state index contributed by atoms with van der Waals surface area (Å²) >= 11 is 0. The molecule has 1 unspecified atom stereocenters. The van der Waals surface area contributed by atoms with Gasteiger partial charge in [0.05, 0.1) is 25.3 Å². The van der Waals surface area contributed by atoms with Crippen LogP contribution in [0.4, 0.5) is 0 Å². The second-order valence-corrected chi connectivity index (χ2v) is 9.51. The molecular formula is C31H32N2O5. The van der Waals surface area contributed by atoms with Crippen LogP contribution in [0.25, 0.3) is 6.08 Å². The average molecular weight is 513 g/mol. The van der Waals surface area contributed by atoms with Gasteiger partial charge in [0.25, 0.3) is 5.91 Å². The lowest BCUT2D eigenvalue weighted by Crippen LogP contribution is -2.30. The van der Waals surface area contributed by atoms with Crippen molar-refractivity contribution in [3.8, 4) is 11.5 Å². The molecule has 196 valence electrons. The smallest absolute Gasteiger partial charge is 0.290 e. The van der Waals surface area contributed by atoms with Crippen LogP contribution in [0.1, 0.15) is 43.0 Å². The molecule has 2 aromatic carbocycles. The zero-order valence-electron chi connectivity index (χ0n) is 21.8. The van der Waals surface area contributed by atoms with Gasteiger partial charge in [-0.25, -0.2) is 0 Å². The van der Waals surface area contributed by atoms with E-state index >= 15 is 0 Å². The fourth-order valence-electron chi connectivity index (χ4n) is 4.31. The first-order chi connectivity index (χ1) is 18.4. The number of aliphatic hydroxyl groups excluding tert-OH is 1. The number of carbonyl (C=O) groups excluding carboxylic acids is 2. The quantitative estimate of drug-likeness (QED) is 0.332. The highest BCUT2D eigenvalue weighted by Gasteiger charge is 2.43. The lowest BCUT2D eigenvalue weighted by atomic mass is 9.95. The SMILES string of the molecule is COc1cc(C2C(C(=O)C=Cc3ccccc3)=C(O)C(=O)N2Cc2cccnc2)ccc1OCCC(C)C. The van der Waals surface area contributed by atoms with Crippen LogP contribution in [0.3, 0.4) is 0 Å². The Morgan fingerprint density at radius 1 is 1.11 bits per heavy atom. The van der Waals surface area contributed by atoms with Crippen LogP contribution in [0.5, 0.6) is 11.5 Å². The molecule has 38 heavy (non-hydrogen) atoms. The number of pyridine rings is 1. The molecule has 7 nitrogen and oxygen atoms in total. The number of benzene rings is 2. The van der Waals surface area contributed by atoms with Gasteiger partial charge < -0.3 is 19.5 Å². The summed E-state index contributed by atoms with van der Waals surface area (Å²) in [5.41, 5.74) is 2.24. The molecule has 0 fully saturated rings. The molecule has 1 aromatic heterocycles. The van der Waals surface area contributed by atoms with Crippen LogP contribution >= 0.6 is 0 Å². The third-order valence-electron chi connectivity index (χ3n) is 6.33. The first-order valence-electron chi connectivity index (χ1n) is 12.6. The average Bonchev–Trinajstić information content (AvgIpc) is 3.18. The Labute approximate surface area is 223 Å². The summed E-state index contributed by atoms with van der Waals surface area (Å²) < 4.78 is 11.5. The van der Waals surface area contributed by atoms with Crippen LogP contribution in [0, 0.1) is 5.92 Å². The molecule has 0 radical (unpaired) electrons. The van der Waals surface area contributed by atoms with E-state index in [1.54, 1.807) is 49.8 Å². The maximum absolute atomic E-state index is 13.4. The van der Waals surface area contributed by atoms with Crippen molar-refractivity contribution in [1.82, 2.24) is 9.88 Å². The molecule has 7 heteroatoms. The second-order valence-electron chi connectivity index (χ2n) is 9.51. The predicted molar refractivity (Wildman–Crippen MR) is 146 cm³/mol. The molecule has 1 aliphatic rings. The molecule has 1 atom stereocenters. The number of nitrogens with zero attached hydrogens (tertiary/aromatic N) is 2. The summed E-state index contributed by atoms with van der Waals surface area (Å²) in [5.74, 6) is -0.0708. The fourth-order valence-corrected chi connectivity index (χ4v) is 4.31. The van der Waals surface area contributed by atoms with Gasteiger partial charge in [-0.15, -0.1) is 0 Å². The van der Waals surface area contributed by atoms with Crippen molar-refractivity contribution in [2.24, 2.45) is 5.92 Å². The first-order valence-corrected chi connectivity index (χ1v) is 12.6. The highest BCUT2D eigenvalue weighted by molar-refractivity contribution is 6.14. The third-order valence-corrected chi connectivity index (χ3v) is 6.33. The zero-order chi connectivity index (χ0) is 27.1. The molecule has 4 rings (SSSR count). The first kappa shape index (κ1) is 26.7. The summed E-state index contributed by atoms with van der Waals surface area (Å²) in [6.07, 6.45) is 7.25. The maximum Gasteiger partial charge on any atom is 0.290 e. The Kier molecular flexibility index (Phi) is 8.58. The van der Waals surface area contributed by atoms with Gasteiger partial charge in [-0.2, -0.15) is 0 Å². The number of allylic oxidation sites excluding steroid dienone is 1. The molecule has 2 heterocycles. The number of aliphatic hydroxyl groups is 1. The minimum absolute atomic E-state index is 0.0154. The van der Waals surface area contributed by atoms with E-state index < -0.39 is 23.5 Å². The van der Waals surface area contributed by atoms with E-state index in [4.69, 9.17) is 9.47 Å². The summed E-state index contributed by atoms with van der Waals surface area (Å²) in [7, 11) is 1.55. The molecule has 3 aromatic rings. The van der Waals surface area contributed by atoms with E-state index in [0.29, 0.717) is 29.6 Å². The van der Waals surface area contributed by atoms with Gasteiger partial charge in [-0.1, -0.05) is 62.4 Å². The Bertz CT molecular complexity index is 1330. The number of carbonyl (C=O) groups is 2. The van der Waals surface area contributed by atoms with Gasteiger partial charge in [0, 0.05) is 18.9 Å². The third kappa shape index (κ3) is 6.11. The number of amides is 1. The van der Waals surface area contributed by atoms with Crippen molar-refractivity contribution >= 4 is 17.8 Å². The van der Waals surface area contributed by atoms with Crippen molar-refractivity contribution in [2.75, 3.05) is 13.7 Å². The van der Waals surface area contributed by atoms with Crippen molar-refractivity contribution < 1.29 is 24.2 Å². The summed E-state index contributed by atoms with van der Waals surface area (Å²) in [6, 6.07) is 17.5. The van der Waals surface area contributed by atoms with Crippen LogP contribution in [0.15, 0.2) is 90.5 Å². The highest BCUT2D eigenvalue weighted by Crippen LogP contribution is 2.41. The Balaban J connectivity index is 1.71. The number of aromatic nitrogens is 1. The van der Waals surface area contributed by atoms with Crippen molar-refractivity contribution in [3.05, 3.63) is 107 Å². The minimum atomic E-state index is -0.825. The monoisotopic (exact) mass is 512 g/mol. The molecule has 0 spiro atoms. The van der Waals surface area contributed by atoms with Crippen LogP contribution in [-0.4, -0.2) is 40.4 Å². The van der Waals surface area contributed by atoms with Gasteiger partial charge in [0.15, 0.2) is 23.0 Å². The zero-order valence-corrected chi connectivity index (χ0v) is 21.8. The van der Waals surface area contributed by atoms with E-state index in [0.717, 1.165) is 17.5 Å². The van der Waals surface area contributed by atoms with Crippen molar-refractivity contribution in [3.63, 3.8) is 0 Å². The number of rotatable bonds is 11.